The van der Waals surface area contributed by atoms with Gasteiger partial charge in [0.25, 0.3) is 6.43 Å². The first-order valence-electron chi connectivity index (χ1n) is 10.6. The number of halogens is 5. The third-order valence-corrected chi connectivity index (χ3v) is 5.56. The number of ether oxygens (including phenoxy) is 4. The molecule has 2 aromatic rings. The fourth-order valence-corrected chi connectivity index (χ4v) is 3.85. The first-order chi connectivity index (χ1) is 16.3. The van der Waals surface area contributed by atoms with E-state index in [9.17, 15) is 22.0 Å². The third-order valence-electron chi connectivity index (χ3n) is 5.56. The summed E-state index contributed by atoms with van der Waals surface area (Å²) < 4.78 is 89.1. The van der Waals surface area contributed by atoms with Crippen LogP contribution in [0.5, 0.6) is 5.75 Å². The van der Waals surface area contributed by atoms with E-state index in [-0.39, 0.29) is 16.5 Å². The van der Waals surface area contributed by atoms with Crippen LogP contribution in [0.25, 0.3) is 0 Å². The maximum absolute atomic E-state index is 14.7. The molecule has 2 aromatic carbocycles. The van der Waals surface area contributed by atoms with Crippen molar-refractivity contribution in [1.82, 2.24) is 0 Å². The van der Waals surface area contributed by atoms with E-state index in [1.54, 1.807) is 6.07 Å². The Morgan fingerprint density at radius 1 is 0.971 bits per heavy atom. The van der Waals surface area contributed by atoms with Gasteiger partial charge in [0.1, 0.15) is 5.82 Å². The van der Waals surface area contributed by atoms with Crippen LogP contribution in [0.4, 0.5) is 22.0 Å². The fourth-order valence-electron chi connectivity index (χ4n) is 3.85. The van der Waals surface area contributed by atoms with Gasteiger partial charge in [-0.3, -0.25) is 0 Å². The summed E-state index contributed by atoms with van der Waals surface area (Å²) in [7, 11) is 0. The minimum atomic E-state index is -2.83. The lowest BCUT2D eigenvalue weighted by Crippen LogP contribution is -2.58. The number of benzene rings is 2. The van der Waals surface area contributed by atoms with Gasteiger partial charge in [-0.15, -0.1) is 0 Å². The zero-order valence-corrected chi connectivity index (χ0v) is 18.2. The molecule has 3 fully saturated rings. The molecule has 5 rings (SSSR count). The molecule has 180 valence electrons. The molecule has 3 aliphatic rings. The molecule has 3 heterocycles. The minimum Gasteiger partial charge on any atom is -0.459 e. The molecule has 0 amide bonds. The highest BCUT2D eigenvalue weighted by Gasteiger charge is 2.53. The van der Waals surface area contributed by atoms with Crippen LogP contribution in [0.2, 0.25) is 0 Å². The van der Waals surface area contributed by atoms with Gasteiger partial charge in [0, 0.05) is 22.6 Å². The summed E-state index contributed by atoms with van der Waals surface area (Å²) in [6.07, 6.45) is -0.139. The Bertz CT molecular complexity index is 1100. The molecule has 0 N–H and O–H groups in total. The van der Waals surface area contributed by atoms with E-state index >= 15 is 0 Å². The van der Waals surface area contributed by atoms with Gasteiger partial charge in [-0.05, 0) is 36.8 Å². The van der Waals surface area contributed by atoms with Gasteiger partial charge in [-0.25, -0.2) is 22.0 Å². The molecule has 0 radical (unpaired) electrons. The second-order valence-corrected chi connectivity index (χ2v) is 8.17. The van der Waals surface area contributed by atoms with Crippen LogP contribution >= 0.6 is 0 Å². The quantitative estimate of drug-likeness (QED) is 0.305. The van der Waals surface area contributed by atoms with E-state index in [1.807, 2.05) is 0 Å². The van der Waals surface area contributed by atoms with Crippen LogP contribution in [0, 0.1) is 34.7 Å². The molecule has 0 saturated carbocycles. The molecule has 0 aliphatic carbocycles. The van der Waals surface area contributed by atoms with Gasteiger partial charge in [-0.2, -0.15) is 0 Å². The first-order valence-corrected chi connectivity index (χ1v) is 10.6. The third kappa shape index (κ3) is 4.94. The smallest absolute Gasteiger partial charge is 0.312 e. The summed E-state index contributed by atoms with van der Waals surface area (Å²) >= 11 is 0. The van der Waals surface area contributed by atoms with Gasteiger partial charge in [0.05, 0.1) is 31.6 Å². The summed E-state index contributed by atoms with van der Waals surface area (Å²) in [5, 5.41) is 0. The number of hydrogen-bond acceptors (Lipinski definition) is 4. The highest BCUT2D eigenvalue weighted by atomic mass is 19.3. The molecule has 2 bridgehead atoms. The minimum absolute atomic E-state index is 0.0203. The van der Waals surface area contributed by atoms with E-state index in [1.165, 1.54) is 12.1 Å². The van der Waals surface area contributed by atoms with Crippen molar-refractivity contribution in [3.8, 4) is 17.6 Å². The highest BCUT2D eigenvalue weighted by molar-refractivity contribution is 5.46. The van der Waals surface area contributed by atoms with Crippen LogP contribution in [0.15, 0.2) is 42.7 Å². The van der Waals surface area contributed by atoms with Gasteiger partial charge in [0.2, 0.25) is 0 Å². The average Bonchev–Trinajstić information content (AvgIpc) is 2.81. The van der Waals surface area contributed by atoms with Crippen molar-refractivity contribution in [3.05, 3.63) is 76.8 Å². The van der Waals surface area contributed by atoms with E-state index < -0.39 is 35.6 Å². The Labute approximate surface area is 193 Å². The summed E-state index contributed by atoms with van der Waals surface area (Å²) in [6.45, 7) is 3.40. The lowest BCUT2D eigenvalue weighted by Gasteiger charge is -2.51. The average molecular weight is 480 g/mol. The Kier molecular flexibility index (Phi) is 6.94. The highest BCUT2D eigenvalue weighted by Crippen LogP contribution is 2.46. The largest absolute Gasteiger partial charge is 0.459 e. The second kappa shape index (κ2) is 9.74. The Morgan fingerprint density at radius 3 is 2.18 bits per heavy atom. The predicted octanol–water partition coefficient (Wildman–Crippen LogP) is 5.64. The molecular formula is C25H21F5O4. The molecule has 0 unspecified atom stereocenters. The molecule has 0 spiro atoms. The van der Waals surface area contributed by atoms with Crippen molar-refractivity contribution in [2.75, 3.05) is 19.8 Å². The van der Waals surface area contributed by atoms with Gasteiger partial charge >= 0.3 is 5.97 Å². The van der Waals surface area contributed by atoms with Crippen molar-refractivity contribution < 1.29 is 40.9 Å². The number of fused-ring (bicyclic) bond motifs is 3. The predicted molar refractivity (Wildman–Crippen MR) is 111 cm³/mol. The maximum atomic E-state index is 14.7. The monoisotopic (exact) mass is 480 g/mol. The Morgan fingerprint density at radius 2 is 1.62 bits per heavy atom. The Balaban J connectivity index is 1.50. The van der Waals surface area contributed by atoms with Crippen LogP contribution in [-0.4, -0.2) is 26.2 Å². The molecule has 4 nitrogen and oxygen atoms in total. The standard InChI is InChI=1S/C25H21F5O4/c1-2-8-24-13-32-25(33-14-24,34-15-24)18-6-5-17(19(26)12-18)4-3-16-10-20(27)23(21(28)11-16)31-9-7-22(29)30/h5-7,9-12,22H,2,8,13-15H2,1H3/b9-7+. The van der Waals surface area contributed by atoms with E-state index in [4.69, 9.17) is 14.2 Å². The molecule has 0 aromatic heterocycles. The molecule has 3 saturated heterocycles. The molecule has 9 heteroatoms. The van der Waals surface area contributed by atoms with E-state index in [0.29, 0.717) is 37.7 Å². The number of hydrogen-bond donors (Lipinski definition) is 0. The van der Waals surface area contributed by atoms with Crippen molar-refractivity contribution in [2.45, 2.75) is 32.2 Å². The molecule has 3 aliphatic heterocycles. The van der Waals surface area contributed by atoms with Crippen LogP contribution in [0.1, 0.15) is 36.5 Å². The molecular weight excluding hydrogens is 459 g/mol. The van der Waals surface area contributed by atoms with Crippen LogP contribution in [-0.2, 0) is 20.2 Å². The van der Waals surface area contributed by atoms with Gasteiger partial charge < -0.3 is 18.9 Å². The van der Waals surface area contributed by atoms with Crippen molar-refractivity contribution in [3.63, 3.8) is 0 Å². The van der Waals surface area contributed by atoms with Crippen molar-refractivity contribution >= 4 is 0 Å². The van der Waals surface area contributed by atoms with Crippen molar-refractivity contribution in [1.29, 1.82) is 0 Å². The lowest BCUT2D eigenvalue weighted by molar-refractivity contribution is -0.480. The number of rotatable bonds is 6. The number of allylic oxidation sites excluding steroid dienone is 1. The van der Waals surface area contributed by atoms with Gasteiger partial charge in [-0.1, -0.05) is 25.2 Å². The van der Waals surface area contributed by atoms with E-state index in [2.05, 4.69) is 23.5 Å². The van der Waals surface area contributed by atoms with Crippen molar-refractivity contribution in [2.24, 2.45) is 5.41 Å². The zero-order valence-electron chi connectivity index (χ0n) is 18.2. The number of alkyl halides is 2. The van der Waals surface area contributed by atoms with Crippen LogP contribution < -0.4 is 4.74 Å². The van der Waals surface area contributed by atoms with Crippen LogP contribution in [0.3, 0.4) is 0 Å². The fraction of sp³-hybridized carbons (Fsp3) is 0.360. The first kappa shape index (κ1) is 24.2. The normalized spacial score (nSPS) is 23.9. The Hall–Kier alpha value is -2.93. The van der Waals surface area contributed by atoms with E-state index in [0.717, 1.165) is 25.0 Å². The molecule has 0 atom stereocenters. The maximum Gasteiger partial charge on any atom is 0.312 e. The summed E-state index contributed by atoms with van der Waals surface area (Å²) in [5.74, 6) is -0.291. The zero-order chi connectivity index (χ0) is 24.3. The second-order valence-electron chi connectivity index (χ2n) is 8.17. The summed E-state index contributed by atoms with van der Waals surface area (Å²) in [6, 6.07) is 5.85. The molecule has 34 heavy (non-hydrogen) atoms. The lowest BCUT2D eigenvalue weighted by atomic mass is 9.83. The van der Waals surface area contributed by atoms with Gasteiger partial charge in [0.15, 0.2) is 17.4 Å². The summed E-state index contributed by atoms with van der Waals surface area (Å²) in [4.78, 5) is 0. The summed E-state index contributed by atoms with van der Waals surface area (Å²) in [5.41, 5.74) is 0.0399. The SMILES string of the molecule is CCCC12COC(c3ccc(C#Cc4cc(F)c(O/C=C/C(F)F)c(F)c4)c(F)c3)(OC1)OC2. The topological polar surface area (TPSA) is 36.9 Å².